The van der Waals surface area contributed by atoms with Crippen LogP contribution < -0.4 is 0 Å². The van der Waals surface area contributed by atoms with Crippen LogP contribution in [0.2, 0.25) is 0 Å². The molecule has 0 radical (unpaired) electrons. The molecule has 0 amide bonds. The lowest BCUT2D eigenvalue weighted by Gasteiger charge is -2.16. The fourth-order valence-corrected chi connectivity index (χ4v) is 2.71. The lowest BCUT2D eigenvalue weighted by Crippen LogP contribution is -2.01. The van der Waals surface area contributed by atoms with Crippen molar-refractivity contribution in [3.05, 3.63) is 126 Å². The van der Waals surface area contributed by atoms with Gasteiger partial charge in [0.25, 0.3) is 0 Å². The quantitative estimate of drug-likeness (QED) is 0.479. The Bertz CT molecular complexity index is 763. The Morgan fingerprint density at radius 1 is 0.667 bits per heavy atom. The van der Waals surface area contributed by atoms with E-state index in [4.69, 9.17) is 0 Å². The number of hydrogen-bond donors (Lipinski definition) is 0. The van der Waals surface area contributed by atoms with E-state index >= 15 is 0 Å². The van der Waals surface area contributed by atoms with Gasteiger partial charge in [0.1, 0.15) is 5.83 Å². The zero-order valence-electron chi connectivity index (χ0n) is 13.3. The van der Waals surface area contributed by atoms with Crippen molar-refractivity contribution >= 4 is 6.08 Å². The minimum atomic E-state index is -0.382. The molecule has 0 aliphatic carbocycles. The summed E-state index contributed by atoms with van der Waals surface area (Å²) in [6.45, 7) is 0. The third-order valence-electron chi connectivity index (χ3n) is 3.89. The second-order valence-corrected chi connectivity index (χ2v) is 5.58. The van der Waals surface area contributed by atoms with E-state index in [9.17, 15) is 4.39 Å². The molecule has 0 bridgehead atoms. The molecule has 0 atom stereocenters. The number of halogens is 1. The van der Waals surface area contributed by atoms with Crippen molar-refractivity contribution in [1.82, 2.24) is 0 Å². The highest BCUT2D eigenvalue weighted by Crippen LogP contribution is 2.32. The summed E-state index contributed by atoms with van der Waals surface area (Å²) in [5.41, 5.74) is 2.95. The van der Waals surface area contributed by atoms with Gasteiger partial charge in [-0.3, -0.25) is 0 Å². The highest BCUT2D eigenvalue weighted by Gasteiger charge is 2.18. The molecule has 3 rings (SSSR count). The van der Waals surface area contributed by atoms with Crippen molar-refractivity contribution in [3.8, 4) is 0 Å². The fraction of sp³-hybridized carbons (Fsp3) is 0.0435. The van der Waals surface area contributed by atoms with Crippen molar-refractivity contribution in [3.63, 3.8) is 0 Å². The van der Waals surface area contributed by atoms with Crippen molar-refractivity contribution in [2.75, 3.05) is 0 Å². The zero-order valence-corrected chi connectivity index (χ0v) is 13.3. The summed E-state index contributed by atoms with van der Waals surface area (Å²) < 4.78 is 15.0. The summed E-state index contributed by atoms with van der Waals surface area (Å²) >= 11 is 0. The van der Waals surface area contributed by atoms with Crippen LogP contribution in [0.3, 0.4) is 0 Å². The van der Waals surface area contributed by atoms with Crippen LogP contribution in [-0.2, 0) is 0 Å². The Balaban J connectivity index is 1.91. The SMILES string of the molecule is F/C(=C\C=C\c1ccccc1)C(c1ccccc1)c1ccccc1. The number of benzene rings is 3. The first kappa shape index (κ1) is 15.9. The fourth-order valence-electron chi connectivity index (χ4n) is 2.71. The largest absolute Gasteiger partial charge is 0.211 e. The molecule has 0 aromatic heterocycles. The maximum Gasteiger partial charge on any atom is 0.112 e. The minimum absolute atomic E-state index is 0.167. The van der Waals surface area contributed by atoms with Gasteiger partial charge >= 0.3 is 0 Å². The highest BCUT2D eigenvalue weighted by molar-refractivity contribution is 5.51. The van der Waals surface area contributed by atoms with Crippen molar-refractivity contribution in [2.24, 2.45) is 0 Å². The van der Waals surface area contributed by atoms with Gasteiger partial charge in [-0.2, -0.15) is 0 Å². The van der Waals surface area contributed by atoms with Gasteiger partial charge in [0.2, 0.25) is 0 Å². The van der Waals surface area contributed by atoms with Crippen molar-refractivity contribution in [1.29, 1.82) is 0 Å². The molecule has 0 nitrogen and oxygen atoms in total. The molecule has 0 N–H and O–H groups in total. The number of hydrogen-bond acceptors (Lipinski definition) is 0. The standard InChI is InChI=1S/C23H19F/c24-22(18-10-13-19-11-4-1-5-12-19)23(20-14-6-2-7-15-20)21-16-8-3-9-17-21/h1-18,23H/b13-10+,22-18-. The maximum absolute atomic E-state index is 15.0. The third kappa shape index (κ3) is 4.08. The molecular formula is C23H19F. The molecule has 0 aliphatic heterocycles. The minimum Gasteiger partial charge on any atom is -0.211 e. The third-order valence-corrected chi connectivity index (χ3v) is 3.89. The van der Waals surface area contributed by atoms with Crippen LogP contribution in [0.25, 0.3) is 6.08 Å². The molecule has 118 valence electrons. The Labute approximate surface area is 142 Å². The summed E-state index contributed by atoms with van der Waals surface area (Å²) in [5, 5.41) is 0. The average molecular weight is 314 g/mol. The molecule has 0 saturated carbocycles. The second-order valence-electron chi connectivity index (χ2n) is 5.58. The Kier molecular flexibility index (Phi) is 5.36. The van der Waals surface area contributed by atoms with Crippen molar-refractivity contribution in [2.45, 2.75) is 5.92 Å². The van der Waals surface area contributed by atoms with E-state index < -0.39 is 0 Å². The first-order valence-electron chi connectivity index (χ1n) is 8.03. The van der Waals surface area contributed by atoms with Crippen LogP contribution >= 0.6 is 0 Å². The average Bonchev–Trinajstić information content (AvgIpc) is 2.65. The Morgan fingerprint density at radius 3 is 1.62 bits per heavy atom. The van der Waals surface area contributed by atoms with Gasteiger partial charge in [0.15, 0.2) is 0 Å². The highest BCUT2D eigenvalue weighted by atomic mass is 19.1. The summed E-state index contributed by atoms with van der Waals surface area (Å²) in [5.74, 6) is -0.549. The van der Waals surface area contributed by atoms with Crippen molar-refractivity contribution < 1.29 is 4.39 Å². The normalized spacial score (nSPS) is 12.0. The first-order chi connectivity index (χ1) is 11.8. The molecule has 0 fully saturated rings. The summed E-state index contributed by atoms with van der Waals surface area (Å²) in [6.07, 6.45) is 5.23. The van der Waals surface area contributed by atoms with Crippen LogP contribution in [0.1, 0.15) is 22.6 Å². The monoisotopic (exact) mass is 314 g/mol. The van der Waals surface area contributed by atoms with Gasteiger partial charge in [-0.15, -0.1) is 0 Å². The van der Waals surface area contributed by atoms with E-state index in [-0.39, 0.29) is 11.7 Å². The van der Waals surface area contributed by atoms with Crippen LogP contribution in [0, 0.1) is 0 Å². The summed E-state index contributed by atoms with van der Waals surface area (Å²) in [6, 6.07) is 29.4. The Hall–Kier alpha value is -2.93. The van der Waals surface area contributed by atoms with E-state index in [1.54, 1.807) is 12.2 Å². The predicted molar refractivity (Wildman–Crippen MR) is 99.4 cm³/mol. The molecule has 3 aromatic carbocycles. The van der Waals surface area contributed by atoms with E-state index in [0.29, 0.717) is 0 Å². The van der Waals surface area contributed by atoms with Gasteiger partial charge in [-0.1, -0.05) is 103 Å². The number of rotatable bonds is 5. The van der Waals surface area contributed by atoms with Crippen LogP contribution in [0.15, 0.2) is 109 Å². The smallest absolute Gasteiger partial charge is 0.112 e. The topological polar surface area (TPSA) is 0 Å². The summed E-state index contributed by atoms with van der Waals surface area (Å²) in [4.78, 5) is 0. The molecule has 1 heteroatoms. The van der Waals surface area contributed by atoms with Gasteiger partial charge in [0, 0.05) is 0 Å². The van der Waals surface area contributed by atoms with Crippen LogP contribution in [-0.4, -0.2) is 0 Å². The molecular weight excluding hydrogens is 295 g/mol. The van der Waals surface area contributed by atoms with E-state index in [1.165, 1.54) is 0 Å². The van der Waals surface area contributed by atoms with Crippen LogP contribution in [0.5, 0.6) is 0 Å². The number of allylic oxidation sites excluding steroid dienone is 3. The first-order valence-corrected chi connectivity index (χ1v) is 8.03. The lowest BCUT2D eigenvalue weighted by atomic mass is 9.90. The summed E-state index contributed by atoms with van der Waals surface area (Å²) in [7, 11) is 0. The van der Waals surface area contributed by atoms with E-state index in [0.717, 1.165) is 16.7 Å². The molecule has 0 heterocycles. The molecule has 0 spiro atoms. The molecule has 24 heavy (non-hydrogen) atoms. The van der Waals surface area contributed by atoms with Gasteiger partial charge in [-0.25, -0.2) is 4.39 Å². The molecule has 0 aliphatic rings. The zero-order chi connectivity index (χ0) is 16.6. The van der Waals surface area contributed by atoms with E-state index in [1.807, 2.05) is 97.1 Å². The van der Waals surface area contributed by atoms with Gasteiger partial charge in [-0.05, 0) is 22.8 Å². The Morgan fingerprint density at radius 2 is 1.12 bits per heavy atom. The second kappa shape index (κ2) is 8.07. The predicted octanol–water partition coefficient (Wildman–Crippen LogP) is 6.39. The molecule has 0 unspecified atom stereocenters. The van der Waals surface area contributed by atoms with E-state index in [2.05, 4.69) is 0 Å². The molecule has 0 saturated heterocycles. The molecule has 3 aromatic rings. The van der Waals surface area contributed by atoms with Crippen LogP contribution in [0.4, 0.5) is 4.39 Å². The maximum atomic E-state index is 15.0. The van der Waals surface area contributed by atoms with Gasteiger partial charge in [0.05, 0.1) is 5.92 Å². The lowest BCUT2D eigenvalue weighted by molar-refractivity contribution is 0.578. The van der Waals surface area contributed by atoms with Gasteiger partial charge < -0.3 is 0 Å².